The minimum absolute atomic E-state index is 0.0606. The summed E-state index contributed by atoms with van der Waals surface area (Å²) in [6.07, 6.45) is 0.171. The van der Waals surface area contributed by atoms with Gasteiger partial charge in [-0.15, -0.1) is 0 Å². The first-order chi connectivity index (χ1) is 15.3. The normalized spacial score (nSPS) is 11.9. The van der Waals surface area contributed by atoms with E-state index in [2.05, 4.69) is 10.6 Å². The van der Waals surface area contributed by atoms with Crippen molar-refractivity contribution in [3.63, 3.8) is 0 Å². The Morgan fingerprint density at radius 3 is 2.22 bits per heavy atom. The number of methoxy groups -OCH3 is 1. The van der Waals surface area contributed by atoms with Crippen molar-refractivity contribution in [2.75, 3.05) is 18.2 Å². The van der Waals surface area contributed by atoms with Gasteiger partial charge in [0.05, 0.1) is 22.6 Å². The van der Waals surface area contributed by atoms with Crippen LogP contribution in [-0.4, -0.2) is 33.6 Å². The van der Waals surface area contributed by atoms with Gasteiger partial charge < -0.3 is 21.1 Å². The molecule has 0 spiro atoms. The van der Waals surface area contributed by atoms with Gasteiger partial charge in [0, 0.05) is 12.1 Å². The van der Waals surface area contributed by atoms with Gasteiger partial charge in [0.1, 0.15) is 6.04 Å². The lowest BCUT2D eigenvalue weighted by Gasteiger charge is -2.18. The monoisotopic (exact) mass is 453 g/mol. The van der Waals surface area contributed by atoms with Crippen molar-refractivity contribution in [3.05, 3.63) is 84.4 Å². The van der Waals surface area contributed by atoms with Crippen LogP contribution in [-0.2, 0) is 25.8 Å². The zero-order valence-electron chi connectivity index (χ0n) is 17.3. The molecule has 0 fully saturated rings. The summed E-state index contributed by atoms with van der Waals surface area (Å²) in [4.78, 5) is 24.9. The number of nitrogen functional groups attached to an aromatic ring is 1. The summed E-state index contributed by atoms with van der Waals surface area (Å²) in [5.74, 6) is -0.637. The van der Waals surface area contributed by atoms with Crippen molar-refractivity contribution >= 4 is 33.2 Å². The highest BCUT2D eigenvalue weighted by Crippen LogP contribution is 2.27. The number of sulfone groups is 1. The first kappa shape index (κ1) is 22.8. The molecule has 0 aliphatic carbocycles. The Labute approximate surface area is 186 Å². The number of hydrogen-bond donors (Lipinski definition) is 3. The van der Waals surface area contributed by atoms with Crippen LogP contribution in [0.25, 0.3) is 0 Å². The van der Waals surface area contributed by atoms with E-state index in [1.807, 2.05) is 0 Å². The molecule has 1 unspecified atom stereocenters. The highest BCUT2D eigenvalue weighted by molar-refractivity contribution is 7.91. The predicted octanol–water partition coefficient (Wildman–Crippen LogP) is 3.01. The molecule has 4 N–H and O–H groups in total. The number of carbonyl (C=O) groups excluding carboxylic acids is 2. The van der Waals surface area contributed by atoms with E-state index in [1.165, 1.54) is 31.4 Å². The number of hydrogen-bond acceptors (Lipinski definition) is 6. The maximum absolute atomic E-state index is 13.0. The van der Waals surface area contributed by atoms with E-state index < -0.39 is 27.9 Å². The molecule has 3 rings (SSSR count). The number of amides is 2. The molecule has 3 aromatic carbocycles. The quantitative estimate of drug-likeness (QED) is 0.373. The molecule has 0 aliphatic rings. The molecule has 0 aliphatic heterocycles. The number of esters is 1. The van der Waals surface area contributed by atoms with E-state index in [9.17, 15) is 18.0 Å². The fourth-order valence-corrected chi connectivity index (χ4v) is 4.51. The van der Waals surface area contributed by atoms with Crippen LogP contribution in [0.2, 0.25) is 0 Å². The van der Waals surface area contributed by atoms with Crippen molar-refractivity contribution in [2.24, 2.45) is 0 Å². The molecular formula is C23H23N3O5S. The number of rotatable bonds is 7. The van der Waals surface area contributed by atoms with Crippen LogP contribution >= 0.6 is 0 Å². The second-order valence-corrected chi connectivity index (χ2v) is 8.85. The van der Waals surface area contributed by atoms with Crippen LogP contribution in [0.4, 0.5) is 16.2 Å². The van der Waals surface area contributed by atoms with Crippen molar-refractivity contribution in [3.8, 4) is 0 Å². The molecule has 0 saturated carbocycles. The molecule has 166 valence electrons. The van der Waals surface area contributed by atoms with E-state index >= 15 is 0 Å². The molecule has 32 heavy (non-hydrogen) atoms. The Hall–Kier alpha value is -3.85. The number of nitrogens with one attached hydrogen (secondary N) is 2. The third-order valence-electron chi connectivity index (χ3n) is 4.69. The number of para-hydroxylation sites is 1. The number of urea groups is 1. The number of nitrogens with two attached hydrogens (primary N) is 1. The first-order valence-corrected chi connectivity index (χ1v) is 11.2. The van der Waals surface area contributed by atoms with Crippen LogP contribution < -0.4 is 16.4 Å². The lowest BCUT2D eigenvalue weighted by atomic mass is 10.1. The molecule has 0 radical (unpaired) electrons. The second kappa shape index (κ2) is 9.97. The van der Waals surface area contributed by atoms with Crippen LogP contribution in [0.1, 0.15) is 5.56 Å². The molecule has 0 aromatic heterocycles. The maximum atomic E-state index is 13.0. The molecule has 0 bridgehead atoms. The SMILES string of the molecule is COC(=O)C(Cc1ccc(N)cc1)NC(=O)Nc1ccccc1S(=O)(=O)c1ccccc1. The standard InChI is InChI=1S/C23H23N3O5S/c1-31-22(27)20(15-16-11-13-17(24)14-12-16)26-23(28)25-19-9-5-6-10-21(19)32(29,30)18-7-3-2-4-8-18/h2-14,20H,15,24H2,1H3,(H2,25,26,28). The van der Waals surface area contributed by atoms with Crippen molar-refractivity contribution in [2.45, 2.75) is 22.3 Å². The smallest absolute Gasteiger partial charge is 0.328 e. The fourth-order valence-electron chi connectivity index (χ4n) is 3.07. The zero-order valence-corrected chi connectivity index (χ0v) is 18.1. The summed E-state index contributed by atoms with van der Waals surface area (Å²) in [6, 6.07) is 19.1. The minimum Gasteiger partial charge on any atom is -0.467 e. The third-order valence-corrected chi connectivity index (χ3v) is 6.52. The van der Waals surface area contributed by atoms with Gasteiger partial charge in [-0.2, -0.15) is 0 Å². The molecule has 0 saturated heterocycles. The highest BCUT2D eigenvalue weighted by Gasteiger charge is 2.25. The fraction of sp³-hybridized carbons (Fsp3) is 0.130. The van der Waals surface area contributed by atoms with E-state index in [0.717, 1.165) is 5.56 Å². The Morgan fingerprint density at radius 2 is 1.56 bits per heavy atom. The first-order valence-electron chi connectivity index (χ1n) is 9.70. The average Bonchev–Trinajstić information content (AvgIpc) is 2.80. The van der Waals surface area contributed by atoms with E-state index in [1.54, 1.807) is 54.6 Å². The number of ether oxygens (including phenoxy) is 1. The molecule has 3 aromatic rings. The van der Waals surface area contributed by atoms with Gasteiger partial charge in [-0.1, -0.05) is 42.5 Å². The Morgan fingerprint density at radius 1 is 0.938 bits per heavy atom. The largest absolute Gasteiger partial charge is 0.467 e. The summed E-state index contributed by atoms with van der Waals surface area (Å²) < 4.78 is 30.8. The Balaban J connectivity index is 1.80. The van der Waals surface area contributed by atoms with Gasteiger partial charge in [-0.25, -0.2) is 18.0 Å². The predicted molar refractivity (Wildman–Crippen MR) is 121 cm³/mol. The summed E-state index contributed by atoms with van der Waals surface area (Å²) in [7, 11) is -2.64. The molecule has 9 heteroatoms. The average molecular weight is 454 g/mol. The van der Waals surface area contributed by atoms with Crippen LogP contribution in [0.5, 0.6) is 0 Å². The van der Waals surface area contributed by atoms with Gasteiger partial charge in [-0.3, -0.25) is 0 Å². The molecule has 0 heterocycles. The minimum atomic E-state index is -3.86. The zero-order chi connectivity index (χ0) is 23.1. The van der Waals surface area contributed by atoms with E-state index in [0.29, 0.717) is 5.69 Å². The summed E-state index contributed by atoms with van der Waals surface area (Å²) in [6.45, 7) is 0. The van der Waals surface area contributed by atoms with Crippen molar-refractivity contribution in [1.29, 1.82) is 0 Å². The van der Waals surface area contributed by atoms with Crippen molar-refractivity contribution < 1.29 is 22.7 Å². The van der Waals surface area contributed by atoms with Gasteiger partial charge in [-0.05, 0) is 42.0 Å². The lowest BCUT2D eigenvalue weighted by molar-refractivity contribution is -0.142. The summed E-state index contributed by atoms with van der Waals surface area (Å²) >= 11 is 0. The number of carbonyl (C=O) groups is 2. The van der Waals surface area contributed by atoms with Crippen LogP contribution in [0.15, 0.2) is 88.7 Å². The topological polar surface area (TPSA) is 128 Å². The Kier molecular flexibility index (Phi) is 7.11. The van der Waals surface area contributed by atoms with E-state index in [4.69, 9.17) is 10.5 Å². The van der Waals surface area contributed by atoms with Gasteiger partial charge in [0.25, 0.3) is 0 Å². The lowest BCUT2D eigenvalue weighted by Crippen LogP contribution is -2.45. The highest BCUT2D eigenvalue weighted by atomic mass is 32.2. The third kappa shape index (κ3) is 5.44. The van der Waals surface area contributed by atoms with Gasteiger partial charge in [0.15, 0.2) is 0 Å². The molecular weight excluding hydrogens is 430 g/mol. The second-order valence-electron chi connectivity index (χ2n) is 6.93. The Bertz CT molecular complexity index is 1200. The van der Waals surface area contributed by atoms with E-state index in [-0.39, 0.29) is 21.9 Å². The van der Waals surface area contributed by atoms with Crippen molar-refractivity contribution in [1.82, 2.24) is 5.32 Å². The molecule has 8 nitrogen and oxygen atoms in total. The molecule has 1 atom stereocenters. The van der Waals surface area contributed by atoms with Gasteiger partial charge in [0.2, 0.25) is 9.84 Å². The van der Waals surface area contributed by atoms with Gasteiger partial charge >= 0.3 is 12.0 Å². The summed E-state index contributed by atoms with van der Waals surface area (Å²) in [5, 5.41) is 5.08. The maximum Gasteiger partial charge on any atom is 0.328 e. The van der Waals surface area contributed by atoms with Crippen LogP contribution in [0, 0.1) is 0 Å². The van der Waals surface area contributed by atoms with Crippen LogP contribution in [0.3, 0.4) is 0 Å². The molecule has 2 amide bonds. The number of anilines is 2. The number of benzene rings is 3. The summed E-state index contributed by atoms with van der Waals surface area (Å²) in [5.41, 5.74) is 7.11.